The summed E-state index contributed by atoms with van der Waals surface area (Å²) in [6, 6.07) is 3.36. The van der Waals surface area contributed by atoms with E-state index in [1.807, 2.05) is 0 Å². The second-order valence-corrected chi connectivity index (χ2v) is 3.57. The third-order valence-electron chi connectivity index (χ3n) is 2.49. The van der Waals surface area contributed by atoms with E-state index in [0.29, 0.717) is 23.3 Å². The number of rotatable bonds is 2. The molecule has 0 fully saturated rings. The largest absolute Gasteiger partial charge is 0.491 e. The number of hydrogen-bond donors (Lipinski definition) is 4. The van der Waals surface area contributed by atoms with Crippen LogP contribution in [0.25, 0.3) is 0 Å². The van der Waals surface area contributed by atoms with Gasteiger partial charge in [-0.05, 0) is 22.7 Å². The molecule has 0 aliphatic carbocycles. The summed E-state index contributed by atoms with van der Waals surface area (Å²) in [6.45, 7) is 0.460. The zero-order valence-corrected chi connectivity index (χ0v) is 8.43. The number of carbonyl (C=O) groups is 1. The van der Waals surface area contributed by atoms with E-state index in [0.717, 1.165) is 5.56 Å². The lowest BCUT2D eigenvalue weighted by molar-refractivity contribution is 0.194. The Morgan fingerprint density at radius 1 is 1.62 bits per heavy atom. The van der Waals surface area contributed by atoms with Crippen molar-refractivity contribution >= 4 is 24.4 Å². The van der Waals surface area contributed by atoms with Gasteiger partial charge in [0.25, 0.3) is 0 Å². The van der Waals surface area contributed by atoms with Gasteiger partial charge in [-0.15, -0.1) is 0 Å². The zero-order valence-electron chi connectivity index (χ0n) is 8.43. The minimum atomic E-state index is -1.10. The van der Waals surface area contributed by atoms with Crippen LogP contribution < -0.4 is 16.5 Å². The van der Waals surface area contributed by atoms with E-state index in [1.54, 1.807) is 12.1 Å². The van der Waals surface area contributed by atoms with E-state index in [2.05, 4.69) is 5.32 Å². The smallest absolute Gasteiger partial charge is 0.465 e. The number of nitrogen functional groups attached to an aromatic ring is 1. The number of anilines is 1. The number of amides is 1. The molecule has 1 aromatic rings. The van der Waals surface area contributed by atoms with E-state index in [1.165, 1.54) is 0 Å². The third-order valence-corrected chi connectivity index (χ3v) is 2.49. The Kier molecular flexibility index (Phi) is 2.72. The molecular formula is C9H11BN2O4. The van der Waals surface area contributed by atoms with Crippen molar-refractivity contribution in [1.29, 1.82) is 0 Å². The van der Waals surface area contributed by atoms with Crippen LogP contribution >= 0.6 is 0 Å². The number of fused-ring (bicyclic) bond motifs is 1. The first-order valence-corrected chi connectivity index (χ1v) is 4.75. The van der Waals surface area contributed by atoms with Crippen molar-refractivity contribution in [3.05, 3.63) is 23.3 Å². The summed E-state index contributed by atoms with van der Waals surface area (Å²) in [5.41, 5.74) is 8.35. The van der Waals surface area contributed by atoms with Gasteiger partial charge in [0.15, 0.2) is 0 Å². The fourth-order valence-electron chi connectivity index (χ4n) is 1.67. The van der Waals surface area contributed by atoms with Crippen LogP contribution in [0.3, 0.4) is 0 Å². The first kappa shape index (κ1) is 10.8. The van der Waals surface area contributed by atoms with Crippen molar-refractivity contribution in [3.63, 3.8) is 0 Å². The van der Waals surface area contributed by atoms with Crippen LogP contribution in [0.5, 0.6) is 0 Å². The molecule has 0 aromatic heterocycles. The molecule has 1 amide bonds. The summed E-state index contributed by atoms with van der Waals surface area (Å²) in [4.78, 5) is 10.4. The topological polar surface area (TPSA) is 105 Å². The van der Waals surface area contributed by atoms with Gasteiger partial charge < -0.3 is 25.8 Å². The highest BCUT2D eigenvalue weighted by atomic mass is 16.5. The SMILES string of the molecule is Nc1cc2c(cc1CNC(=O)O)COB2O. The lowest BCUT2D eigenvalue weighted by atomic mass is 9.78. The quantitative estimate of drug-likeness (QED) is 0.389. The van der Waals surface area contributed by atoms with Gasteiger partial charge in [0.05, 0.1) is 6.61 Å². The second kappa shape index (κ2) is 4.03. The number of carboxylic acid groups (broad SMARTS) is 1. The van der Waals surface area contributed by atoms with Gasteiger partial charge in [-0.2, -0.15) is 0 Å². The van der Waals surface area contributed by atoms with Crippen LogP contribution in [0.4, 0.5) is 10.5 Å². The minimum absolute atomic E-state index is 0.143. The number of benzene rings is 1. The molecule has 0 atom stereocenters. The number of nitrogens with two attached hydrogens (primary N) is 1. The average Bonchev–Trinajstić information content (AvgIpc) is 2.57. The molecule has 0 spiro atoms. The Morgan fingerprint density at radius 2 is 2.38 bits per heavy atom. The van der Waals surface area contributed by atoms with E-state index in [-0.39, 0.29) is 6.54 Å². The second-order valence-electron chi connectivity index (χ2n) is 3.57. The van der Waals surface area contributed by atoms with Gasteiger partial charge in [0, 0.05) is 12.2 Å². The van der Waals surface area contributed by atoms with Crippen molar-refractivity contribution in [2.24, 2.45) is 0 Å². The molecule has 2 rings (SSSR count). The van der Waals surface area contributed by atoms with Crippen molar-refractivity contribution in [3.8, 4) is 0 Å². The molecule has 0 bridgehead atoms. The predicted molar refractivity (Wildman–Crippen MR) is 58.1 cm³/mol. The molecule has 6 nitrogen and oxygen atoms in total. The molecule has 1 aromatic carbocycles. The Balaban J connectivity index is 2.24. The molecule has 0 unspecified atom stereocenters. The molecule has 1 aliphatic rings. The third kappa shape index (κ3) is 1.95. The van der Waals surface area contributed by atoms with Crippen LogP contribution in [-0.2, 0) is 17.8 Å². The maximum Gasteiger partial charge on any atom is 0.491 e. The van der Waals surface area contributed by atoms with Crippen molar-refractivity contribution in [2.45, 2.75) is 13.2 Å². The molecule has 5 N–H and O–H groups in total. The van der Waals surface area contributed by atoms with Crippen molar-refractivity contribution in [2.75, 3.05) is 5.73 Å². The van der Waals surface area contributed by atoms with E-state index >= 15 is 0 Å². The minimum Gasteiger partial charge on any atom is -0.465 e. The Bertz CT molecular complexity index is 438. The first-order chi connectivity index (χ1) is 7.58. The number of nitrogens with one attached hydrogen (secondary N) is 1. The van der Waals surface area contributed by atoms with Gasteiger partial charge in [-0.3, -0.25) is 0 Å². The molecule has 0 saturated carbocycles. The van der Waals surface area contributed by atoms with Gasteiger partial charge >= 0.3 is 13.2 Å². The van der Waals surface area contributed by atoms with Crippen molar-refractivity contribution < 1.29 is 19.6 Å². The van der Waals surface area contributed by atoms with Crippen LogP contribution in [0, 0.1) is 0 Å². The predicted octanol–water partition coefficient (Wildman–Crippen LogP) is -0.746. The number of hydrogen-bond acceptors (Lipinski definition) is 4. The maximum atomic E-state index is 10.4. The molecule has 1 heterocycles. The molecule has 84 valence electrons. The molecule has 1 aliphatic heterocycles. The normalized spacial score (nSPS) is 13.7. The lowest BCUT2D eigenvalue weighted by Gasteiger charge is -2.08. The van der Waals surface area contributed by atoms with Gasteiger partial charge in [-0.1, -0.05) is 6.07 Å². The van der Waals surface area contributed by atoms with Crippen LogP contribution in [0.2, 0.25) is 0 Å². The molecule has 0 saturated heterocycles. The van der Waals surface area contributed by atoms with Gasteiger partial charge in [0.2, 0.25) is 0 Å². The summed E-state index contributed by atoms with van der Waals surface area (Å²) in [7, 11) is -0.932. The standard InChI is InChI=1S/C9H11BN2O4/c11-8-2-7-6(4-16-10(7)15)1-5(8)3-12-9(13)14/h1-2,12,15H,3-4,11H2,(H,13,14). The highest BCUT2D eigenvalue weighted by molar-refractivity contribution is 6.61. The molecule has 7 heteroatoms. The van der Waals surface area contributed by atoms with Gasteiger partial charge in [-0.25, -0.2) is 4.79 Å². The van der Waals surface area contributed by atoms with E-state index in [4.69, 9.17) is 15.5 Å². The summed E-state index contributed by atoms with van der Waals surface area (Å²) in [5, 5.41) is 20.2. The molecule has 16 heavy (non-hydrogen) atoms. The van der Waals surface area contributed by atoms with Gasteiger partial charge in [0.1, 0.15) is 0 Å². The Labute approximate surface area is 92.2 Å². The highest BCUT2D eigenvalue weighted by Crippen LogP contribution is 2.17. The lowest BCUT2D eigenvalue weighted by Crippen LogP contribution is -2.29. The van der Waals surface area contributed by atoms with E-state index in [9.17, 15) is 9.82 Å². The van der Waals surface area contributed by atoms with Crippen LogP contribution in [-0.4, -0.2) is 23.3 Å². The molecular weight excluding hydrogens is 211 g/mol. The van der Waals surface area contributed by atoms with Crippen LogP contribution in [0.1, 0.15) is 11.1 Å². The fraction of sp³-hybridized carbons (Fsp3) is 0.222. The summed E-state index contributed by atoms with van der Waals surface area (Å²) in [6.07, 6.45) is -1.10. The summed E-state index contributed by atoms with van der Waals surface area (Å²) >= 11 is 0. The fourth-order valence-corrected chi connectivity index (χ4v) is 1.67. The van der Waals surface area contributed by atoms with E-state index < -0.39 is 13.2 Å². The Morgan fingerprint density at radius 3 is 3.06 bits per heavy atom. The van der Waals surface area contributed by atoms with Crippen molar-refractivity contribution in [1.82, 2.24) is 5.32 Å². The zero-order chi connectivity index (χ0) is 11.7. The maximum absolute atomic E-state index is 10.4. The first-order valence-electron chi connectivity index (χ1n) is 4.75. The van der Waals surface area contributed by atoms with Crippen LogP contribution in [0.15, 0.2) is 12.1 Å². The highest BCUT2D eigenvalue weighted by Gasteiger charge is 2.28. The summed E-state index contributed by atoms with van der Waals surface area (Å²) < 4.78 is 5.02. The summed E-state index contributed by atoms with van der Waals surface area (Å²) in [5.74, 6) is 0. The average molecular weight is 222 g/mol. The molecule has 0 radical (unpaired) electrons. The Hall–Kier alpha value is -1.73. The monoisotopic (exact) mass is 222 g/mol.